The van der Waals surface area contributed by atoms with E-state index >= 15 is 0 Å². The topological polar surface area (TPSA) is 68.2 Å². The molecule has 0 radical (unpaired) electrons. The Balaban J connectivity index is 2.58. The summed E-state index contributed by atoms with van der Waals surface area (Å²) in [6.07, 6.45) is 0. The molecule has 0 aromatic heterocycles. The molecule has 3 unspecified atom stereocenters. The van der Waals surface area contributed by atoms with Gasteiger partial charge >= 0.3 is 0 Å². The van der Waals surface area contributed by atoms with Crippen molar-refractivity contribution in [2.45, 2.75) is 19.8 Å². The lowest BCUT2D eigenvalue weighted by Crippen LogP contribution is -2.21. The summed E-state index contributed by atoms with van der Waals surface area (Å²) >= 11 is 0. The highest BCUT2D eigenvalue weighted by molar-refractivity contribution is 5.49. The number of hydrogen-bond donors (Lipinski definition) is 2. The molecule has 0 aliphatic carbocycles. The smallest absolute Gasteiger partial charge is 0.161 e. The largest absolute Gasteiger partial charge is 0.504 e. The fourth-order valence-corrected chi connectivity index (χ4v) is 3.23. The normalized spacial score (nSPS) is 14.4. The molecule has 26 heavy (non-hydrogen) atoms. The van der Waals surface area contributed by atoms with Crippen molar-refractivity contribution in [3.05, 3.63) is 47.5 Å². The van der Waals surface area contributed by atoms with Gasteiger partial charge in [-0.2, -0.15) is 0 Å². The van der Waals surface area contributed by atoms with Gasteiger partial charge in [0.05, 0.1) is 21.3 Å². The van der Waals surface area contributed by atoms with Crippen LogP contribution >= 0.6 is 0 Å². The highest BCUT2D eigenvalue weighted by atomic mass is 16.5. The zero-order valence-electron chi connectivity index (χ0n) is 16.0. The van der Waals surface area contributed by atoms with E-state index in [-0.39, 0.29) is 30.1 Å². The van der Waals surface area contributed by atoms with Crippen LogP contribution in [0.3, 0.4) is 0 Å². The Hall–Kier alpha value is -2.40. The summed E-state index contributed by atoms with van der Waals surface area (Å²) in [6.45, 7) is 4.23. The number of phenols is 1. The van der Waals surface area contributed by atoms with E-state index in [0.717, 1.165) is 11.1 Å². The van der Waals surface area contributed by atoms with E-state index in [1.54, 1.807) is 20.3 Å². The van der Waals surface area contributed by atoms with Gasteiger partial charge in [0, 0.05) is 12.5 Å². The lowest BCUT2D eigenvalue weighted by molar-refractivity contribution is 0.186. The molecule has 142 valence electrons. The van der Waals surface area contributed by atoms with E-state index in [1.165, 1.54) is 7.11 Å². The third-order valence-corrected chi connectivity index (χ3v) is 5.04. The van der Waals surface area contributed by atoms with E-state index in [1.807, 2.05) is 37.3 Å². The minimum absolute atomic E-state index is 0.00791. The molecule has 0 heterocycles. The van der Waals surface area contributed by atoms with Gasteiger partial charge in [0.1, 0.15) is 0 Å². The summed E-state index contributed by atoms with van der Waals surface area (Å²) in [5.41, 5.74) is 2.04. The van der Waals surface area contributed by atoms with Gasteiger partial charge in [-0.3, -0.25) is 0 Å². The van der Waals surface area contributed by atoms with Crippen molar-refractivity contribution in [2.75, 3.05) is 27.9 Å². The Morgan fingerprint density at radius 1 is 0.808 bits per heavy atom. The maximum atomic E-state index is 9.93. The second-order valence-electron chi connectivity index (χ2n) is 6.54. The van der Waals surface area contributed by atoms with E-state index in [9.17, 15) is 10.2 Å². The highest BCUT2D eigenvalue weighted by Gasteiger charge is 2.27. The number of aliphatic hydroxyl groups excluding tert-OH is 1. The average molecular weight is 360 g/mol. The highest BCUT2D eigenvalue weighted by Crippen LogP contribution is 2.41. The minimum Gasteiger partial charge on any atom is -0.504 e. The second-order valence-corrected chi connectivity index (χ2v) is 6.54. The molecular weight excluding hydrogens is 332 g/mol. The van der Waals surface area contributed by atoms with Crippen LogP contribution < -0.4 is 14.2 Å². The van der Waals surface area contributed by atoms with Crippen molar-refractivity contribution in [3.8, 4) is 23.0 Å². The number of phenolic OH excluding ortho intramolecular Hbond substituents is 1. The third kappa shape index (κ3) is 4.05. The van der Waals surface area contributed by atoms with Gasteiger partial charge in [-0.15, -0.1) is 0 Å². The van der Waals surface area contributed by atoms with Crippen LogP contribution in [0.1, 0.15) is 30.9 Å². The van der Waals surface area contributed by atoms with E-state index in [0.29, 0.717) is 17.2 Å². The fraction of sp³-hybridized carbons (Fsp3) is 0.429. The first kappa shape index (κ1) is 19.9. The Labute approximate surface area is 155 Å². The summed E-state index contributed by atoms with van der Waals surface area (Å²) < 4.78 is 16.1. The number of hydrogen-bond acceptors (Lipinski definition) is 5. The number of aliphatic hydroxyl groups is 1. The van der Waals surface area contributed by atoms with Crippen molar-refractivity contribution in [1.29, 1.82) is 0 Å². The first-order valence-electron chi connectivity index (χ1n) is 8.66. The summed E-state index contributed by atoms with van der Waals surface area (Å²) in [5, 5.41) is 19.6. The van der Waals surface area contributed by atoms with Gasteiger partial charge in [-0.25, -0.2) is 0 Å². The molecule has 3 atom stereocenters. The predicted molar refractivity (Wildman–Crippen MR) is 101 cm³/mol. The van der Waals surface area contributed by atoms with Crippen LogP contribution in [-0.2, 0) is 0 Å². The maximum absolute atomic E-state index is 9.93. The molecular formula is C21H28O5. The number of ether oxygens (including phenoxy) is 3. The van der Waals surface area contributed by atoms with Gasteiger partial charge in [0.15, 0.2) is 23.0 Å². The van der Waals surface area contributed by atoms with E-state index < -0.39 is 0 Å². The Morgan fingerprint density at radius 2 is 1.35 bits per heavy atom. The van der Waals surface area contributed by atoms with Crippen molar-refractivity contribution >= 4 is 0 Å². The molecule has 2 rings (SSSR count). The lowest BCUT2D eigenvalue weighted by Gasteiger charge is -2.29. The number of aromatic hydroxyl groups is 1. The first-order chi connectivity index (χ1) is 12.5. The quantitative estimate of drug-likeness (QED) is 0.749. The van der Waals surface area contributed by atoms with Crippen LogP contribution in [-0.4, -0.2) is 38.1 Å². The van der Waals surface area contributed by atoms with E-state index in [2.05, 4.69) is 6.92 Å². The van der Waals surface area contributed by atoms with Gasteiger partial charge in [-0.05, 0) is 47.2 Å². The van der Waals surface area contributed by atoms with Crippen molar-refractivity contribution in [2.24, 2.45) is 11.8 Å². The third-order valence-electron chi connectivity index (χ3n) is 5.04. The van der Waals surface area contributed by atoms with Gasteiger partial charge in [-0.1, -0.05) is 26.0 Å². The molecule has 0 aliphatic rings. The zero-order chi connectivity index (χ0) is 19.3. The lowest BCUT2D eigenvalue weighted by atomic mass is 9.76. The van der Waals surface area contributed by atoms with Crippen molar-refractivity contribution < 1.29 is 24.4 Å². The molecule has 0 amide bonds. The molecule has 2 N–H and O–H groups in total. The SMILES string of the molecule is COc1cc(C(c2ccc(OC)c(OC)c2)C(C)C(C)CO)ccc1O. The number of benzene rings is 2. The zero-order valence-corrected chi connectivity index (χ0v) is 16.0. The van der Waals surface area contributed by atoms with E-state index in [4.69, 9.17) is 14.2 Å². The molecule has 0 aliphatic heterocycles. The van der Waals surface area contributed by atoms with Gasteiger partial charge < -0.3 is 24.4 Å². The standard InChI is InChI=1S/C21H28O5/c1-13(12-22)14(2)21(15-6-8-17(23)19(10-15)25-4)16-7-9-18(24-3)20(11-16)26-5/h6-11,13-14,21-23H,12H2,1-5H3. The average Bonchev–Trinajstić information content (AvgIpc) is 2.68. The van der Waals surface area contributed by atoms with Crippen molar-refractivity contribution in [1.82, 2.24) is 0 Å². The maximum Gasteiger partial charge on any atom is 0.161 e. The molecule has 0 fully saturated rings. The summed E-state index contributed by atoms with van der Waals surface area (Å²) in [5.74, 6) is 2.08. The molecule has 0 spiro atoms. The Bertz CT molecular complexity index is 728. The van der Waals surface area contributed by atoms with Gasteiger partial charge in [0.25, 0.3) is 0 Å². The fourth-order valence-electron chi connectivity index (χ4n) is 3.23. The summed E-state index contributed by atoms with van der Waals surface area (Å²) in [7, 11) is 4.75. The van der Waals surface area contributed by atoms with Crippen LogP contribution in [0.25, 0.3) is 0 Å². The van der Waals surface area contributed by atoms with Crippen LogP contribution in [0.2, 0.25) is 0 Å². The monoisotopic (exact) mass is 360 g/mol. The number of rotatable bonds is 8. The molecule has 0 saturated heterocycles. The van der Waals surface area contributed by atoms with Crippen molar-refractivity contribution in [3.63, 3.8) is 0 Å². The predicted octanol–water partition coefficient (Wildman–Crippen LogP) is 3.81. The van der Waals surface area contributed by atoms with Crippen LogP contribution in [0, 0.1) is 11.8 Å². The first-order valence-corrected chi connectivity index (χ1v) is 8.66. The molecule has 0 saturated carbocycles. The van der Waals surface area contributed by atoms with Gasteiger partial charge in [0.2, 0.25) is 0 Å². The minimum atomic E-state index is -0.00791. The summed E-state index contributed by atoms with van der Waals surface area (Å²) in [6, 6.07) is 11.2. The molecule has 0 bridgehead atoms. The van der Waals surface area contributed by atoms with Crippen LogP contribution in [0.5, 0.6) is 23.0 Å². The molecule has 5 heteroatoms. The Kier molecular flexibility index (Phi) is 6.75. The molecule has 5 nitrogen and oxygen atoms in total. The summed E-state index contributed by atoms with van der Waals surface area (Å²) in [4.78, 5) is 0. The van der Waals surface area contributed by atoms with Crippen LogP contribution in [0.4, 0.5) is 0 Å². The second kappa shape index (κ2) is 8.81. The molecule has 2 aromatic rings. The van der Waals surface area contributed by atoms with Crippen LogP contribution in [0.15, 0.2) is 36.4 Å². The molecule has 2 aromatic carbocycles. The Morgan fingerprint density at radius 3 is 1.88 bits per heavy atom. The number of methoxy groups -OCH3 is 3.